The number of thiophene rings is 1. The Bertz CT molecular complexity index is 645. The average Bonchev–Trinajstić information content (AvgIpc) is 3.08. The Kier molecular flexibility index (Phi) is 4.48. The molecule has 4 heteroatoms. The lowest BCUT2D eigenvalue weighted by Gasteiger charge is -2.34. The summed E-state index contributed by atoms with van der Waals surface area (Å²) in [5.74, 6) is -0.879. The molecule has 3 rings (SSSR count). The van der Waals surface area contributed by atoms with Crippen molar-refractivity contribution in [1.82, 2.24) is 0 Å². The third-order valence-corrected chi connectivity index (χ3v) is 5.34. The minimum atomic E-state index is -0.879. The quantitative estimate of drug-likeness (QED) is 0.890. The standard InChI is InChI=1S/C18H20NO2S/c1-19(13-7-3-2-4-8-13)15-10-5-9-14(18(20)21)17(15)16-11-6-12-22-16/h5-6,9,11-13H,2-4,7-8H2,1H3,(H,20,21). The van der Waals surface area contributed by atoms with Crippen molar-refractivity contribution in [2.75, 3.05) is 11.9 Å². The van der Waals surface area contributed by atoms with Crippen LogP contribution in [-0.4, -0.2) is 24.2 Å². The first-order valence-corrected chi connectivity index (χ1v) is 8.61. The summed E-state index contributed by atoms with van der Waals surface area (Å²) in [7, 11) is 2.07. The molecule has 0 amide bonds. The largest absolute Gasteiger partial charge is 0.478 e. The van der Waals surface area contributed by atoms with Crippen LogP contribution in [0.2, 0.25) is 0 Å². The van der Waals surface area contributed by atoms with Gasteiger partial charge in [0.1, 0.15) is 0 Å². The average molecular weight is 314 g/mol. The zero-order valence-electron chi connectivity index (χ0n) is 12.7. The molecule has 1 heterocycles. The molecule has 1 radical (unpaired) electrons. The van der Waals surface area contributed by atoms with Gasteiger partial charge in [0.05, 0.1) is 11.3 Å². The molecule has 2 aromatic rings. The fourth-order valence-corrected chi connectivity index (χ4v) is 4.05. The van der Waals surface area contributed by atoms with Crippen molar-refractivity contribution < 1.29 is 9.90 Å². The topological polar surface area (TPSA) is 40.5 Å². The van der Waals surface area contributed by atoms with Gasteiger partial charge in [0, 0.05) is 29.6 Å². The molecule has 1 aromatic carbocycles. The van der Waals surface area contributed by atoms with E-state index in [0.717, 1.165) is 16.1 Å². The molecule has 0 atom stereocenters. The maximum atomic E-state index is 11.6. The smallest absolute Gasteiger partial charge is 0.336 e. The van der Waals surface area contributed by atoms with Crippen LogP contribution in [0.5, 0.6) is 0 Å². The minimum Gasteiger partial charge on any atom is -0.478 e. The van der Waals surface area contributed by atoms with Gasteiger partial charge >= 0.3 is 5.97 Å². The molecule has 1 saturated carbocycles. The Morgan fingerprint density at radius 3 is 2.73 bits per heavy atom. The normalized spacial score (nSPS) is 15.7. The van der Waals surface area contributed by atoms with Gasteiger partial charge in [-0.3, -0.25) is 0 Å². The summed E-state index contributed by atoms with van der Waals surface area (Å²) in [6.07, 6.45) is 6.15. The number of nitrogens with zero attached hydrogens (tertiary/aromatic N) is 1. The molecule has 0 saturated heterocycles. The molecule has 1 N–H and O–H groups in total. The van der Waals surface area contributed by atoms with Gasteiger partial charge in [0.2, 0.25) is 0 Å². The summed E-state index contributed by atoms with van der Waals surface area (Å²) in [5, 5.41) is 11.5. The van der Waals surface area contributed by atoms with Gasteiger partial charge in [-0.25, -0.2) is 4.79 Å². The summed E-state index contributed by atoms with van der Waals surface area (Å²) < 4.78 is 0. The van der Waals surface area contributed by atoms with Crippen LogP contribution < -0.4 is 4.90 Å². The number of aromatic carboxylic acids is 1. The molecular formula is C18H20NO2S. The fourth-order valence-electron chi connectivity index (χ4n) is 3.26. The number of carboxylic acids is 1. The predicted molar refractivity (Wildman–Crippen MR) is 90.8 cm³/mol. The molecular weight excluding hydrogens is 294 g/mol. The molecule has 0 aliphatic heterocycles. The van der Waals surface area contributed by atoms with Crippen molar-refractivity contribution in [3.8, 4) is 10.4 Å². The lowest BCUT2D eigenvalue weighted by atomic mass is 9.93. The van der Waals surface area contributed by atoms with Gasteiger partial charge < -0.3 is 10.0 Å². The van der Waals surface area contributed by atoms with E-state index in [-0.39, 0.29) is 0 Å². The number of anilines is 1. The van der Waals surface area contributed by atoms with E-state index < -0.39 is 5.97 Å². The first kappa shape index (κ1) is 15.1. The molecule has 0 unspecified atom stereocenters. The third kappa shape index (κ3) is 2.88. The number of hydrogen-bond acceptors (Lipinski definition) is 3. The highest BCUT2D eigenvalue weighted by Gasteiger charge is 2.24. The van der Waals surface area contributed by atoms with E-state index in [1.54, 1.807) is 23.5 Å². The lowest BCUT2D eigenvalue weighted by molar-refractivity contribution is 0.0698. The zero-order valence-corrected chi connectivity index (χ0v) is 13.5. The second kappa shape index (κ2) is 6.53. The highest BCUT2D eigenvalue weighted by Crippen LogP contribution is 2.38. The molecule has 0 spiro atoms. The number of hydrogen-bond donors (Lipinski definition) is 1. The first-order valence-electron chi connectivity index (χ1n) is 7.73. The molecule has 1 fully saturated rings. The lowest BCUT2D eigenvalue weighted by Crippen LogP contribution is -2.33. The Balaban J connectivity index is 2.06. The van der Waals surface area contributed by atoms with Crippen molar-refractivity contribution in [3.05, 3.63) is 41.3 Å². The van der Waals surface area contributed by atoms with Gasteiger partial charge in [-0.1, -0.05) is 31.4 Å². The van der Waals surface area contributed by atoms with Crippen LogP contribution >= 0.6 is 11.3 Å². The summed E-state index contributed by atoms with van der Waals surface area (Å²) >= 11 is 1.58. The van der Waals surface area contributed by atoms with Crippen LogP contribution in [0.1, 0.15) is 42.5 Å². The van der Waals surface area contributed by atoms with Crippen LogP contribution in [-0.2, 0) is 0 Å². The SMILES string of the molecule is CN(c1[c]ccc(C(=O)O)c1-c1cccs1)C1CCCCC1. The van der Waals surface area contributed by atoms with Gasteiger partial charge in [-0.15, -0.1) is 11.3 Å². The molecule has 1 aliphatic rings. The van der Waals surface area contributed by atoms with Crippen LogP contribution in [0, 0.1) is 6.07 Å². The number of carboxylic acid groups (broad SMARTS) is 1. The van der Waals surface area contributed by atoms with Crippen molar-refractivity contribution in [2.45, 2.75) is 38.1 Å². The molecule has 0 bridgehead atoms. The Morgan fingerprint density at radius 2 is 2.09 bits per heavy atom. The molecule has 3 nitrogen and oxygen atoms in total. The fraction of sp³-hybridized carbons (Fsp3) is 0.389. The minimum absolute atomic E-state index is 0.360. The summed E-state index contributed by atoms with van der Waals surface area (Å²) in [6, 6.07) is 11.1. The van der Waals surface area contributed by atoms with E-state index in [4.69, 9.17) is 0 Å². The Morgan fingerprint density at radius 1 is 1.32 bits per heavy atom. The van der Waals surface area contributed by atoms with Crippen LogP contribution in [0.3, 0.4) is 0 Å². The predicted octanol–water partition coefficient (Wildman–Crippen LogP) is 4.68. The summed E-state index contributed by atoms with van der Waals surface area (Å²) in [4.78, 5) is 14.9. The monoisotopic (exact) mass is 314 g/mol. The van der Waals surface area contributed by atoms with E-state index in [1.807, 2.05) is 17.5 Å². The van der Waals surface area contributed by atoms with E-state index in [9.17, 15) is 9.90 Å². The van der Waals surface area contributed by atoms with Crippen LogP contribution in [0.4, 0.5) is 5.69 Å². The maximum absolute atomic E-state index is 11.6. The van der Waals surface area contributed by atoms with Crippen molar-refractivity contribution in [1.29, 1.82) is 0 Å². The second-order valence-corrected chi connectivity index (χ2v) is 6.75. The van der Waals surface area contributed by atoms with Crippen LogP contribution in [0.15, 0.2) is 29.6 Å². The molecule has 1 aliphatic carbocycles. The Hall–Kier alpha value is -1.81. The van der Waals surface area contributed by atoms with E-state index in [1.165, 1.54) is 32.1 Å². The number of benzene rings is 1. The maximum Gasteiger partial charge on any atom is 0.336 e. The van der Waals surface area contributed by atoms with Gasteiger partial charge in [0.25, 0.3) is 0 Å². The third-order valence-electron chi connectivity index (χ3n) is 4.45. The first-order chi connectivity index (χ1) is 10.7. The van der Waals surface area contributed by atoms with Gasteiger partial charge in [0.15, 0.2) is 0 Å². The van der Waals surface area contributed by atoms with E-state index in [0.29, 0.717) is 11.6 Å². The molecule has 22 heavy (non-hydrogen) atoms. The van der Waals surface area contributed by atoms with Crippen molar-refractivity contribution in [3.63, 3.8) is 0 Å². The van der Waals surface area contributed by atoms with Gasteiger partial charge in [-0.05, 0) is 30.4 Å². The molecule has 1 aromatic heterocycles. The summed E-state index contributed by atoms with van der Waals surface area (Å²) in [6.45, 7) is 0. The van der Waals surface area contributed by atoms with Crippen molar-refractivity contribution >= 4 is 23.0 Å². The van der Waals surface area contributed by atoms with E-state index in [2.05, 4.69) is 18.0 Å². The van der Waals surface area contributed by atoms with E-state index >= 15 is 0 Å². The highest BCUT2D eigenvalue weighted by molar-refractivity contribution is 7.13. The Labute approximate surface area is 135 Å². The number of rotatable bonds is 4. The second-order valence-electron chi connectivity index (χ2n) is 5.80. The molecule has 115 valence electrons. The van der Waals surface area contributed by atoms with Crippen molar-refractivity contribution in [2.24, 2.45) is 0 Å². The number of carbonyl (C=O) groups is 1. The zero-order chi connectivity index (χ0) is 15.5. The summed E-state index contributed by atoms with van der Waals surface area (Å²) in [5.41, 5.74) is 2.08. The van der Waals surface area contributed by atoms with Gasteiger partial charge in [-0.2, -0.15) is 0 Å². The van der Waals surface area contributed by atoms with Crippen LogP contribution in [0.25, 0.3) is 10.4 Å². The highest BCUT2D eigenvalue weighted by atomic mass is 32.1.